The molecule has 0 aromatic heterocycles. The smallest absolute Gasteiger partial charge is 0.243 e. The number of carbonyl (C=O) groups is 1. The third-order valence-corrected chi connectivity index (χ3v) is 5.77. The molecule has 8 heteroatoms. The molecule has 0 radical (unpaired) electrons. The average molecular weight is 437 g/mol. The zero-order valence-electron chi connectivity index (χ0n) is 17.6. The number of benzene rings is 2. The van der Waals surface area contributed by atoms with Crippen LogP contribution in [0.1, 0.15) is 32.3 Å². The van der Waals surface area contributed by atoms with Crippen LogP contribution >= 0.6 is 0 Å². The van der Waals surface area contributed by atoms with Crippen LogP contribution in [0.4, 0.5) is 10.1 Å². The number of rotatable bonds is 11. The number of sulfonamides is 1. The molecule has 0 aliphatic rings. The van der Waals surface area contributed by atoms with Crippen molar-refractivity contribution in [3.63, 3.8) is 0 Å². The van der Waals surface area contributed by atoms with Crippen molar-refractivity contribution >= 4 is 21.6 Å². The standard InChI is InChI=1S/C22H29FN2O4S/c1-4-21(25(30(3,27)28)19-12-10-18(23)11-13-19)22(26)24-16-6-7-17-8-14-20(15-9-17)29-5-2/h8-15,21H,4-7,16H2,1-3H3,(H,24,26)/t21-/m1/s1. The summed E-state index contributed by atoms with van der Waals surface area (Å²) in [6, 6.07) is 12.0. The van der Waals surface area contributed by atoms with E-state index in [4.69, 9.17) is 4.74 Å². The van der Waals surface area contributed by atoms with E-state index in [2.05, 4.69) is 5.32 Å². The summed E-state index contributed by atoms with van der Waals surface area (Å²) in [4.78, 5) is 12.7. The van der Waals surface area contributed by atoms with E-state index in [9.17, 15) is 17.6 Å². The second-order valence-corrected chi connectivity index (χ2v) is 8.79. The minimum absolute atomic E-state index is 0.260. The first kappa shape index (κ1) is 23.7. The lowest BCUT2D eigenvalue weighted by atomic mass is 10.1. The van der Waals surface area contributed by atoms with Gasteiger partial charge in [0, 0.05) is 6.54 Å². The van der Waals surface area contributed by atoms with Crippen LogP contribution in [0, 0.1) is 5.82 Å². The fraction of sp³-hybridized carbons (Fsp3) is 0.409. The van der Waals surface area contributed by atoms with Gasteiger partial charge < -0.3 is 10.1 Å². The van der Waals surface area contributed by atoms with Crippen LogP contribution in [0.25, 0.3) is 0 Å². The monoisotopic (exact) mass is 436 g/mol. The van der Waals surface area contributed by atoms with Crippen molar-refractivity contribution in [1.29, 1.82) is 0 Å². The Hall–Kier alpha value is -2.61. The summed E-state index contributed by atoms with van der Waals surface area (Å²) < 4.78 is 44.4. The number of amides is 1. The van der Waals surface area contributed by atoms with Crippen molar-refractivity contribution < 1.29 is 22.3 Å². The number of hydrogen-bond acceptors (Lipinski definition) is 4. The quantitative estimate of drug-likeness (QED) is 0.547. The highest BCUT2D eigenvalue weighted by Crippen LogP contribution is 2.23. The molecule has 2 aromatic carbocycles. The molecule has 1 atom stereocenters. The molecule has 164 valence electrons. The third kappa shape index (κ3) is 6.73. The maximum atomic E-state index is 13.2. The molecular weight excluding hydrogens is 407 g/mol. The van der Waals surface area contributed by atoms with Crippen LogP contribution in [-0.2, 0) is 21.2 Å². The van der Waals surface area contributed by atoms with Gasteiger partial charge in [-0.15, -0.1) is 0 Å². The van der Waals surface area contributed by atoms with E-state index in [1.807, 2.05) is 31.2 Å². The Bertz CT molecular complexity index is 915. The van der Waals surface area contributed by atoms with Crippen LogP contribution in [0.2, 0.25) is 0 Å². The first-order valence-electron chi connectivity index (χ1n) is 10.0. The van der Waals surface area contributed by atoms with E-state index in [-0.39, 0.29) is 18.0 Å². The lowest BCUT2D eigenvalue weighted by molar-refractivity contribution is -0.122. The zero-order valence-corrected chi connectivity index (χ0v) is 18.4. The zero-order chi connectivity index (χ0) is 22.1. The van der Waals surface area contributed by atoms with Gasteiger partial charge in [0.1, 0.15) is 17.6 Å². The Labute approximate surface area is 178 Å². The van der Waals surface area contributed by atoms with E-state index >= 15 is 0 Å². The third-order valence-electron chi connectivity index (χ3n) is 4.59. The number of hydrogen-bond donors (Lipinski definition) is 1. The van der Waals surface area contributed by atoms with Crippen LogP contribution in [0.5, 0.6) is 5.75 Å². The van der Waals surface area contributed by atoms with Gasteiger partial charge in [-0.2, -0.15) is 0 Å². The molecule has 0 saturated heterocycles. The minimum atomic E-state index is -3.73. The topological polar surface area (TPSA) is 75.7 Å². The summed E-state index contributed by atoms with van der Waals surface area (Å²) in [5, 5.41) is 2.83. The highest BCUT2D eigenvalue weighted by atomic mass is 32.2. The summed E-state index contributed by atoms with van der Waals surface area (Å²) in [7, 11) is -3.73. The number of anilines is 1. The molecule has 0 aliphatic heterocycles. The summed E-state index contributed by atoms with van der Waals surface area (Å²) in [5.41, 5.74) is 1.39. The summed E-state index contributed by atoms with van der Waals surface area (Å²) in [6.07, 6.45) is 2.82. The van der Waals surface area contributed by atoms with Gasteiger partial charge in [-0.1, -0.05) is 19.1 Å². The van der Waals surface area contributed by atoms with Gasteiger partial charge in [0.2, 0.25) is 15.9 Å². The van der Waals surface area contributed by atoms with Crippen LogP contribution in [0.3, 0.4) is 0 Å². The maximum Gasteiger partial charge on any atom is 0.243 e. The molecule has 2 rings (SSSR count). The lowest BCUT2D eigenvalue weighted by Gasteiger charge is -2.30. The van der Waals surface area contributed by atoms with Gasteiger partial charge >= 0.3 is 0 Å². The summed E-state index contributed by atoms with van der Waals surface area (Å²) >= 11 is 0. The van der Waals surface area contributed by atoms with Crippen molar-refractivity contribution in [2.24, 2.45) is 0 Å². The molecule has 0 saturated carbocycles. The number of nitrogens with zero attached hydrogens (tertiary/aromatic N) is 1. The Balaban J connectivity index is 1.97. The predicted molar refractivity (Wildman–Crippen MR) is 117 cm³/mol. The number of ether oxygens (including phenoxy) is 1. The molecule has 0 heterocycles. The molecule has 0 spiro atoms. The molecule has 1 N–H and O–H groups in total. The van der Waals surface area contributed by atoms with Gasteiger partial charge in [-0.05, 0) is 68.1 Å². The second kappa shape index (κ2) is 11.0. The molecule has 0 bridgehead atoms. The fourth-order valence-electron chi connectivity index (χ4n) is 3.19. The summed E-state index contributed by atoms with van der Waals surface area (Å²) in [6.45, 7) is 4.71. The molecule has 1 amide bonds. The number of nitrogens with one attached hydrogen (secondary N) is 1. The van der Waals surface area contributed by atoms with E-state index in [1.165, 1.54) is 24.3 Å². The Morgan fingerprint density at radius 3 is 2.27 bits per heavy atom. The van der Waals surface area contributed by atoms with Crippen molar-refractivity contribution in [1.82, 2.24) is 5.32 Å². The van der Waals surface area contributed by atoms with Gasteiger partial charge in [-0.25, -0.2) is 12.8 Å². The van der Waals surface area contributed by atoms with Gasteiger partial charge in [0.25, 0.3) is 0 Å². The molecule has 30 heavy (non-hydrogen) atoms. The summed E-state index contributed by atoms with van der Waals surface area (Å²) in [5.74, 6) is -0.0278. The number of halogens is 1. The van der Waals surface area contributed by atoms with E-state index in [1.54, 1.807) is 6.92 Å². The fourth-order valence-corrected chi connectivity index (χ4v) is 4.40. The van der Waals surface area contributed by atoms with Crippen LogP contribution in [0.15, 0.2) is 48.5 Å². The highest BCUT2D eigenvalue weighted by molar-refractivity contribution is 7.92. The maximum absolute atomic E-state index is 13.2. The Morgan fingerprint density at radius 1 is 1.10 bits per heavy atom. The second-order valence-electron chi connectivity index (χ2n) is 6.93. The molecule has 0 unspecified atom stereocenters. The molecule has 2 aromatic rings. The van der Waals surface area contributed by atoms with Crippen molar-refractivity contribution in [2.75, 3.05) is 23.7 Å². The Kier molecular flexibility index (Phi) is 8.65. The first-order chi connectivity index (χ1) is 14.3. The first-order valence-corrected chi connectivity index (χ1v) is 11.9. The normalized spacial score (nSPS) is 12.3. The Morgan fingerprint density at radius 2 is 1.73 bits per heavy atom. The van der Waals surface area contributed by atoms with E-state index < -0.39 is 21.9 Å². The van der Waals surface area contributed by atoms with Crippen molar-refractivity contribution in [3.05, 3.63) is 59.9 Å². The largest absolute Gasteiger partial charge is 0.494 e. The SMILES string of the molecule is CCOc1ccc(CCCNC(=O)[C@@H](CC)N(c2ccc(F)cc2)S(C)(=O)=O)cc1. The van der Waals surface area contributed by atoms with E-state index in [0.29, 0.717) is 19.6 Å². The minimum Gasteiger partial charge on any atom is -0.494 e. The van der Waals surface area contributed by atoms with Gasteiger partial charge in [0.15, 0.2) is 0 Å². The van der Waals surface area contributed by atoms with Crippen LogP contribution in [-0.4, -0.2) is 39.8 Å². The molecule has 0 fully saturated rings. The van der Waals surface area contributed by atoms with Gasteiger partial charge in [0.05, 0.1) is 18.6 Å². The van der Waals surface area contributed by atoms with Crippen molar-refractivity contribution in [2.45, 2.75) is 39.2 Å². The molecule has 0 aliphatic carbocycles. The lowest BCUT2D eigenvalue weighted by Crippen LogP contribution is -2.49. The highest BCUT2D eigenvalue weighted by Gasteiger charge is 2.31. The predicted octanol–water partition coefficient (Wildman–Crippen LogP) is 3.52. The average Bonchev–Trinajstić information content (AvgIpc) is 2.70. The van der Waals surface area contributed by atoms with Crippen molar-refractivity contribution in [3.8, 4) is 5.75 Å². The number of carbonyl (C=O) groups excluding carboxylic acids is 1. The van der Waals surface area contributed by atoms with Gasteiger partial charge in [-0.3, -0.25) is 9.10 Å². The number of aryl methyl sites for hydroxylation is 1. The molecular formula is C22H29FN2O4S. The molecule has 6 nitrogen and oxygen atoms in total. The van der Waals surface area contributed by atoms with Crippen LogP contribution < -0.4 is 14.4 Å². The van der Waals surface area contributed by atoms with E-state index in [0.717, 1.165) is 28.3 Å².